The molecule has 0 saturated heterocycles. The molecule has 8 aromatic rings. The highest BCUT2D eigenvalue weighted by molar-refractivity contribution is 9.10. The number of hydrogen-bond acceptors (Lipinski definition) is 6. The summed E-state index contributed by atoms with van der Waals surface area (Å²) in [6.07, 6.45) is 5.06. The van der Waals surface area contributed by atoms with Crippen molar-refractivity contribution in [1.82, 2.24) is 35.2 Å². The predicted octanol–water partition coefficient (Wildman–Crippen LogP) is 9.34. The van der Waals surface area contributed by atoms with Gasteiger partial charge in [-0.15, -0.1) is 20.1 Å². The largest absolute Gasteiger partial charge is 0.455 e. The number of furan rings is 1. The molecule has 8 nitrogen and oxygen atoms in total. The lowest BCUT2D eigenvalue weighted by molar-refractivity contribution is 0.396. The fraction of sp³-hybridized carbons (Fsp3) is 0.146. The molecule has 0 atom stereocenters. The van der Waals surface area contributed by atoms with Crippen molar-refractivity contribution in [2.24, 2.45) is 0 Å². The average molecular weight is 721 g/mol. The van der Waals surface area contributed by atoms with Crippen molar-refractivity contribution in [3.63, 3.8) is 0 Å². The third-order valence-electron chi connectivity index (χ3n) is 9.21. The second kappa shape index (κ2) is 13.7. The van der Waals surface area contributed by atoms with E-state index in [1.165, 1.54) is 0 Å². The Morgan fingerprint density at radius 1 is 0.720 bits per heavy atom. The summed E-state index contributed by atoms with van der Waals surface area (Å²) < 4.78 is 9.38. The van der Waals surface area contributed by atoms with Crippen LogP contribution >= 0.6 is 15.9 Å². The van der Waals surface area contributed by atoms with E-state index in [0.29, 0.717) is 18.1 Å². The van der Waals surface area contributed by atoms with Gasteiger partial charge in [0.1, 0.15) is 11.3 Å². The Kier molecular flexibility index (Phi) is 8.64. The smallest absolute Gasteiger partial charge is 0.205 e. The lowest BCUT2D eigenvalue weighted by Gasteiger charge is -2.34. The summed E-state index contributed by atoms with van der Waals surface area (Å²) in [6, 6.07) is 45.3. The van der Waals surface area contributed by atoms with Gasteiger partial charge in [-0.3, -0.25) is 0 Å². The fourth-order valence-electron chi connectivity index (χ4n) is 6.75. The maximum absolute atomic E-state index is 6.53. The van der Waals surface area contributed by atoms with Crippen LogP contribution in [0.2, 0.25) is 0 Å². The van der Waals surface area contributed by atoms with Gasteiger partial charge in [-0.2, -0.15) is 0 Å². The minimum absolute atomic E-state index is 0.492. The number of rotatable bonds is 11. The van der Waals surface area contributed by atoms with Gasteiger partial charge in [0, 0.05) is 16.5 Å². The molecule has 0 spiro atoms. The molecule has 0 aliphatic carbocycles. The lowest BCUT2D eigenvalue weighted by Crippen LogP contribution is -2.39. The SMILES string of the molecule is CCCCc1cnnn1Cc1ccc2oc(-c3ccccc3-c3nnn(C(c4ccccc4)(c4ccccc4)c4ccccc4)n3)c(Br)c2c1. The van der Waals surface area contributed by atoms with Crippen LogP contribution in [0.1, 0.15) is 47.7 Å². The molecule has 9 heteroatoms. The van der Waals surface area contributed by atoms with E-state index in [1.54, 1.807) is 4.80 Å². The molecular weight excluding hydrogens is 686 g/mol. The molecule has 246 valence electrons. The van der Waals surface area contributed by atoms with Gasteiger partial charge in [0.25, 0.3) is 0 Å². The first-order chi connectivity index (χ1) is 24.7. The molecule has 5 aromatic carbocycles. The van der Waals surface area contributed by atoms with Crippen LogP contribution < -0.4 is 0 Å². The van der Waals surface area contributed by atoms with Gasteiger partial charge in [0.15, 0.2) is 5.54 Å². The van der Waals surface area contributed by atoms with Crippen LogP contribution in [0.25, 0.3) is 33.7 Å². The molecule has 0 fully saturated rings. The molecular formula is C41H34BrN7O. The zero-order valence-corrected chi connectivity index (χ0v) is 29.1. The highest BCUT2D eigenvalue weighted by Gasteiger charge is 2.41. The van der Waals surface area contributed by atoms with Gasteiger partial charge >= 0.3 is 0 Å². The molecule has 0 radical (unpaired) electrons. The van der Waals surface area contributed by atoms with Gasteiger partial charge in [-0.25, -0.2) is 4.68 Å². The maximum atomic E-state index is 6.53. The van der Waals surface area contributed by atoms with Crippen molar-refractivity contribution in [1.29, 1.82) is 0 Å². The number of aromatic nitrogens is 7. The van der Waals surface area contributed by atoms with Crippen molar-refractivity contribution in [3.05, 3.63) is 172 Å². The molecule has 3 heterocycles. The Morgan fingerprint density at radius 2 is 1.34 bits per heavy atom. The van der Waals surface area contributed by atoms with Gasteiger partial charge < -0.3 is 4.42 Å². The second-order valence-corrected chi connectivity index (χ2v) is 13.1. The van der Waals surface area contributed by atoms with E-state index in [0.717, 1.165) is 73.8 Å². The molecule has 0 amide bonds. The number of unbranched alkanes of at least 4 members (excludes halogenated alkanes) is 1. The molecule has 0 unspecified atom stereocenters. The number of fused-ring (bicyclic) bond motifs is 1. The summed E-state index contributed by atoms with van der Waals surface area (Å²) in [5.41, 5.74) is 6.90. The van der Waals surface area contributed by atoms with Gasteiger partial charge in [0.05, 0.1) is 22.9 Å². The van der Waals surface area contributed by atoms with E-state index in [-0.39, 0.29) is 0 Å². The highest BCUT2D eigenvalue weighted by atomic mass is 79.9. The van der Waals surface area contributed by atoms with Crippen molar-refractivity contribution in [3.8, 4) is 22.7 Å². The zero-order valence-electron chi connectivity index (χ0n) is 27.5. The Labute approximate surface area is 298 Å². The molecule has 0 aliphatic heterocycles. The molecule has 0 bridgehead atoms. The minimum atomic E-state index is -0.874. The van der Waals surface area contributed by atoms with Crippen LogP contribution in [0.15, 0.2) is 149 Å². The third-order valence-corrected chi connectivity index (χ3v) is 10.00. The first-order valence-electron chi connectivity index (χ1n) is 16.8. The first-order valence-corrected chi connectivity index (χ1v) is 17.6. The van der Waals surface area contributed by atoms with Crippen molar-refractivity contribution in [2.45, 2.75) is 38.3 Å². The molecule has 3 aromatic heterocycles. The van der Waals surface area contributed by atoms with Crippen LogP contribution in [-0.2, 0) is 18.5 Å². The Hall–Kier alpha value is -5.67. The first kappa shape index (κ1) is 31.6. The van der Waals surface area contributed by atoms with Crippen LogP contribution in [0.4, 0.5) is 0 Å². The summed E-state index contributed by atoms with van der Waals surface area (Å²) in [6.45, 7) is 2.83. The molecule has 0 N–H and O–H groups in total. The van der Waals surface area contributed by atoms with Crippen molar-refractivity contribution in [2.75, 3.05) is 0 Å². The standard InChI is InChI=1S/C41H34BrN7O/c1-2-3-21-33-27-43-46-48(33)28-29-24-25-37-36(26-29)38(42)39(50-37)34-22-13-14-23-35(34)40-44-47-49(45-40)41(30-15-7-4-8-16-30,31-17-9-5-10-18-31)32-19-11-6-12-20-32/h4-20,22-27H,2-3,21,28H2,1H3. The summed E-state index contributed by atoms with van der Waals surface area (Å²) in [5.74, 6) is 1.19. The average Bonchev–Trinajstić information content (AvgIpc) is 3.92. The summed E-state index contributed by atoms with van der Waals surface area (Å²) in [5, 5.41) is 24.1. The predicted molar refractivity (Wildman–Crippen MR) is 199 cm³/mol. The summed E-state index contributed by atoms with van der Waals surface area (Å²) in [4.78, 5) is 1.75. The van der Waals surface area contributed by atoms with E-state index < -0.39 is 5.54 Å². The number of hydrogen-bond donors (Lipinski definition) is 0. The second-order valence-electron chi connectivity index (χ2n) is 12.3. The van der Waals surface area contributed by atoms with Gasteiger partial charge in [0.2, 0.25) is 5.82 Å². The van der Waals surface area contributed by atoms with E-state index in [9.17, 15) is 0 Å². The quantitative estimate of drug-likeness (QED) is 0.124. The molecule has 8 rings (SSSR count). The van der Waals surface area contributed by atoms with Crippen molar-refractivity contribution < 1.29 is 4.42 Å². The Morgan fingerprint density at radius 3 is 1.98 bits per heavy atom. The van der Waals surface area contributed by atoms with Crippen LogP contribution in [0.5, 0.6) is 0 Å². The maximum Gasteiger partial charge on any atom is 0.205 e. The molecule has 0 aliphatic rings. The monoisotopic (exact) mass is 719 g/mol. The van der Waals surface area contributed by atoms with Crippen molar-refractivity contribution >= 4 is 26.9 Å². The van der Waals surface area contributed by atoms with E-state index in [2.05, 4.69) is 81.7 Å². The lowest BCUT2D eigenvalue weighted by atomic mass is 9.77. The minimum Gasteiger partial charge on any atom is -0.455 e. The normalized spacial score (nSPS) is 11.7. The van der Waals surface area contributed by atoms with Gasteiger partial charge in [-0.1, -0.05) is 140 Å². The number of nitrogens with zero attached hydrogens (tertiary/aromatic N) is 7. The Balaban J connectivity index is 1.22. The fourth-order valence-corrected chi connectivity index (χ4v) is 7.35. The topological polar surface area (TPSA) is 87.5 Å². The van der Waals surface area contributed by atoms with Gasteiger partial charge in [-0.05, 0) is 68.4 Å². The number of benzene rings is 5. The highest BCUT2D eigenvalue weighted by Crippen LogP contribution is 2.43. The van der Waals surface area contributed by atoms with Crippen LogP contribution in [0.3, 0.4) is 0 Å². The van der Waals surface area contributed by atoms with E-state index >= 15 is 0 Å². The molecule has 0 saturated carbocycles. The van der Waals surface area contributed by atoms with Crippen LogP contribution in [-0.4, -0.2) is 35.2 Å². The Bertz CT molecular complexity index is 2270. The number of aryl methyl sites for hydroxylation is 1. The van der Waals surface area contributed by atoms with E-state index in [1.807, 2.05) is 95.8 Å². The van der Waals surface area contributed by atoms with E-state index in [4.69, 9.17) is 19.8 Å². The zero-order chi connectivity index (χ0) is 33.9. The third kappa shape index (κ3) is 5.63. The number of halogens is 1. The molecule has 50 heavy (non-hydrogen) atoms. The summed E-state index contributed by atoms with van der Waals surface area (Å²) in [7, 11) is 0. The number of tetrazole rings is 1. The van der Waals surface area contributed by atoms with Crippen LogP contribution in [0, 0.1) is 0 Å². The summed E-state index contributed by atoms with van der Waals surface area (Å²) >= 11 is 3.89.